The summed E-state index contributed by atoms with van der Waals surface area (Å²) in [5.74, 6) is 1.48. The molecule has 0 heterocycles. The lowest BCUT2D eigenvalue weighted by Crippen LogP contribution is -2.21. The number of ether oxygens (including phenoxy) is 2. The van der Waals surface area contributed by atoms with Gasteiger partial charge >= 0.3 is 0 Å². The normalized spacial score (nSPS) is 11.8. The van der Waals surface area contributed by atoms with Crippen LogP contribution in [0.15, 0.2) is 78.9 Å². The third-order valence-electron chi connectivity index (χ3n) is 4.42. The molecule has 4 heteroatoms. The molecule has 0 aliphatic heterocycles. The van der Waals surface area contributed by atoms with Crippen molar-refractivity contribution >= 4 is 0 Å². The maximum atomic E-state index is 10.3. The number of aliphatic hydroxyl groups excluding tert-OH is 1. The molecule has 3 aromatic rings. The molecule has 0 bridgehead atoms. The maximum Gasteiger partial charge on any atom is 0.166 e. The highest BCUT2D eigenvalue weighted by molar-refractivity contribution is 5.46. The van der Waals surface area contributed by atoms with Crippen LogP contribution in [0.2, 0.25) is 0 Å². The lowest BCUT2D eigenvalue weighted by molar-refractivity contribution is 0.174. The topological polar surface area (TPSA) is 50.7 Å². The lowest BCUT2D eigenvalue weighted by Gasteiger charge is -2.17. The highest BCUT2D eigenvalue weighted by atomic mass is 16.5. The van der Waals surface area contributed by atoms with Crippen LogP contribution in [0.5, 0.6) is 11.5 Å². The molecule has 0 aliphatic rings. The zero-order valence-electron chi connectivity index (χ0n) is 16.2. The first-order valence-corrected chi connectivity index (χ1v) is 9.63. The first-order valence-electron chi connectivity index (χ1n) is 9.63. The van der Waals surface area contributed by atoms with E-state index in [0.717, 1.165) is 28.2 Å². The Morgan fingerprint density at radius 3 is 2.29 bits per heavy atom. The van der Waals surface area contributed by atoms with E-state index in [2.05, 4.69) is 5.32 Å². The fraction of sp³-hybridized carbons (Fsp3) is 0.250. The Kier molecular flexibility index (Phi) is 7.47. The van der Waals surface area contributed by atoms with Crippen molar-refractivity contribution in [2.45, 2.75) is 26.2 Å². The molecule has 0 radical (unpaired) electrons. The lowest BCUT2D eigenvalue weighted by atomic mass is 10.1. The second kappa shape index (κ2) is 10.5. The molecule has 3 aromatic carbocycles. The van der Waals surface area contributed by atoms with Gasteiger partial charge in [0.15, 0.2) is 11.5 Å². The number of nitrogens with one attached hydrogen (secondary N) is 1. The summed E-state index contributed by atoms with van der Waals surface area (Å²) < 4.78 is 11.9. The molecule has 0 saturated carbocycles. The smallest absolute Gasteiger partial charge is 0.166 e. The molecule has 28 heavy (non-hydrogen) atoms. The van der Waals surface area contributed by atoms with Gasteiger partial charge in [0.2, 0.25) is 0 Å². The summed E-state index contributed by atoms with van der Waals surface area (Å²) in [6.07, 6.45) is -0.551. The fourth-order valence-electron chi connectivity index (χ4n) is 3.00. The molecule has 0 spiro atoms. The van der Waals surface area contributed by atoms with Crippen LogP contribution in [0.1, 0.15) is 29.7 Å². The quantitative estimate of drug-likeness (QED) is 0.547. The van der Waals surface area contributed by atoms with E-state index in [1.54, 1.807) is 0 Å². The molecule has 0 amide bonds. The molecule has 146 valence electrons. The predicted molar refractivity (Wildman–Crippen MR) is 111 cm³/mol. The van der Waals surface area contributed by atoms with Crippen LogP contribution in [0.3, 0.4) is 0 Å². The number of aliphatic hydroxyl groups is 1. The highest BCUT2D eigenvalue weighted by Gasteiger charge is 2.13. The van der Waals surface area contributed by atoms with Crippen molar-refractivity contribution in [2.24, 2.45) is 0 Å². The second-order valence-electron chi connectivity index (χ2n) is 6.51. The average molecular weight is 377 g/mol. The van der Waals surface area contributed by atoms with Gasteiger partial charge in [0.05, 0.1) is 12.7 Å². The maximum absolute atomic E-state index is 10.3. The summed E-state index contributed by atoms with van der Waals surface area (Å²) in [7, 11) is 0. The minimum Gasteiger partial charge on any atom is -0.490 e. The van der Waals surface area contributed by atoms with Crippen LogP contribution in [-0.2, 0) is 13.2 Å². The van der Waals surface area contributed by atoms with E-state index in [9.17, 15) is 5.11 Å². The zero-order chi connectivity index (χ0) is 19.6. The van der Waals surface area contributed by atoms with Crippen LogP contribution in [-0.4, -0.2) is 18.3 Å². The van der Waals surface area contributed by atoms with Gasteiger partial charge in [-0.15, -0.1) is 0 Å². The van der Waals surface area contributed by atoms with Gasteiger partial charge in [-0.1, -0.05) is 72.8 Å². The Labute approximate surface area is 166 Å². The SMILES string of the molecule is CCOc1cccc(CNC[C@H](O)c2ccccc2)c1OCc1ccccc1. The second-order valence-corrected chi connectivity index (χ2v) is 6.51. The number of benzene rings is 3. The van der Waals surface area contributed by atoms with Crippen molar-refractivity contribution in [2.75, 3.05) is 13.2 Å². The fourth-order valence-corrected chi connectivity index (χ4v) is 3.00. The average Bonchev–Trinajstić information content (AvgIpc) is 2.74. The number of rotatable bonds is 10. The first-order chi connectivity index (χ1) is 13.8. The summed E-state index contributed by atoms with van der Waals surface area (Å²) in [5, 5.41) is 13.7. The van der Waals surface area contributed by atoms with Crippen molar-refractivity contribution in [3.05, 3.63) is 95.6 Å². The largest absolute Gasteiger partial charge is 0.490 e. The minimum atomic E-state index is -0.551. The van der Waals surface area contributed by atoms with Gasteiger partial charge in [-0.25, -0.2) is 0 Å². The third kappa shape index (κ3) is 5.59. The van der Waals surface area contributed by atoms with Gasteiger partial charge in [-0.3, -0.25) is 0 Å². The van der Waals surface area contributed by atoms with E-state index in [1.807, 2.05) is 85.8 Å². The Balaban J connectivity index is 1.66. The predicted octanol–water partition coefficient (Wildman–Crippen LogP) is 4.49. The van der Waals surface area contributed by atoms with E-state index in [4.69, 9.17) is 9.47 Å². The number of hydrogen-bond acceptors (Lipinski definition) is 4. The molecule has 2 N–H and O–H groups in total. The van der Waals surface area contributed by atoms with Gasteiger partial charge in [0.1, 0.15) is 6.61 Å². The zero-order valence-corrected chi connectivity index (χ0v) is 16.2. The summed E-state index contributed by atoms with van der Waals surface area (Å²) in [5.41, 5.74) is 3.01. The van der Waals surface area contributed by atoms with E-state index >= 15 is 0 Å². The van der Waals surface area contributed by atoms with Crippen LogP contribution in [0, 0.1) is 0 Å². The molecular formula is C24H27NO3. The van der Waals surface area contributed by atoms with Gasteiger partial charge in [-0.2, -0.15) is 0 Å². The molecule has 0 unspecified atom stereocenters. The Morgan fingerprint density at radius 1 is 0.857 bits per heavy atom. The summed E-state index contributed by atoms with van der Waals surface area (Å²) in [6, 6.07) is 25.6. The van der Waals surface area contributed by atoms with E-state index < -0.39 is 6.10 Å². The summed E-state index contributed by atoms with van der Waals surface area (Å²) >= 11 is 0. The van der Waals surface area contributed by atoms with Crippen LogP contribution >= 0.6 is 0 Å². The highest BCUT2D eigenvalue weighted by Crippen LogP contribution is 2.32. The van der Waals surface area contributed by atoms with E-state index in [0.29, 0.717) is 26.3 Å². The van der Waals surface area contributed by atoms with Crippen molar-refractivity contribution in [3.63, 3.8) is 0 Å². The molecule has 4 nitrogen and oxygen atoms in total. The first kappa shape index (κ1) is 19.9. The Morgan fingerprint density at radius 2 is 1.57 bits per heavy atom. The Hall–Kier alpha value is -2.82. The van der Waals surface area contributed by atoms with Gasteiger partial charge < -0.3 is 19.9 Å². The molecule has 0 aromatic heterocycles. The minimum absolute atomic E-state index is 0.459. The van der Waals surface area contributed by atoms with Gasteiger partial charge in [0, 0.05) is 18.7 Å². The van der Waals surface area contributed by atoms with Crippen molar-refractivity contribution in [3.8, 4) is 11.5 Å². The van der Waals surface area contributed by atoms with Crippen LogP contribution < -0.4 is 14.8 Å². The van der Waals surface area contributed by atoms with E-state index in [1.165, 1.54) is 0 Å². The standard InChI is InChI=1S/C24H27NO3/c1-2-27-23-15-9-14-21(24(23)28-18-19-10-5-3-6-11-19)16-25-17-22(26)20-12-7-4-8-13-20/h3-15,22,25-26H,2,16-18H2,1H3/t22-/m0/s1. The van der Waals surface area contributed by atoms with Gasteiger partial charge in [-0.05, 0) is 24.1 Å². The van der Waals surface area contributed by atoms with Gasteiger partial charge in [0.25, 0.3) is 0 Å². The molecule has 0 aliphatic carbocycles. The Bertz CT molecular complexity index is 837. The molecule has 1 atom stereocenters. The molecular weight excluding hydrogens is 350 g/mol. The third-order valence-corrected chi connectivity index (χ3v) is 4.42. The summed E-state index contributed by atoms with van der Waals surface area (Å²) in [4.78, 5) is 0. The van der Waals surface area contributed by atoms with Crippen LogP contribution in [0.25, 0.3) is 0 Å². The number of hydrogen-bond donors (Lipinski definition) is 2. The molecule has 3 rings (SSSR count). The van der Waals surface area contributed by atoms with Crippen molar-refractivity contribution in [1.29, 1.82) is 0 Å². The number of para-hydroxylation sites is 1. The van der Waals surface area contributed by atoms with Crippen LogP contribution in [0.4, 0.5) is 0 Å². The monoisotopic (exact) mass is 377 g/mol. The summed E-state index contributed by atoms with van der Waals surface area (Å²) in [6.45, 7) is 4.05. The molecule has 0 saturated heterocycles. The molecule has 0 fully saturated rings. The van der Waals surface area contributed by atoms with E-state index in [-0.39, 0.29) is 0 Å². The van der Waals surface area contributed by atoms with Crippen molar-refractivity contribution in [1.82, 2.24) is 5.32 Å². The van der Waals surface area contributed by atoms with Crippen molar-refractivity contribution < 1.29 is 14.6 Å².